The lowest BCUT2D eigenvalue weighted by atomic mass is 10.2. The lowest BCUT2D eigenvalue weighted by molar-refractivity contribution is 0.150. The molecule has 0 N–H and O–H groups in total. The summed E-state index contributed by atoms with van der Waals surface area (Å²) in [5.74, 6) is 0.490. The molecule has 0 heterocycles. The first-order chi connectivity index (χ1) is 6.17. The molecule has 1 aromatic carbocycles. The molecule has 0 unspecified atom stereocenters. The quantitative estimate of drug-likeness (QED) is 0.723. The minimum atomic E-state index is -2.53. The van der Waals surface area contributed by atoms with E-state index in [1.807, 2.05) is 0 Å². The summed E-state index contributed by atoms with van der Waals surface area (Å²) < 4.78 is 34.1. The second-order valence-corrected chi connectivity index (χ2v) is 2.35. The van der Waals surface area contributed by atoms with Crippen LogP contribution in [0.15, 0.2) is 12.1 Å². The average molecular weight is 187 g/mol. The molecule has 2 nitrogen and oxygen atoms in total. The molecule has 0 amide bonds. The Labute approximate surface area is 75.1 Å². The fraction of sp³-hybridized carbons (Fsp3) is 0.333. The van der Waals surface area contributed by atoms with Gasteiger partial charge in [0.1, 0.15) is 11.5 Å². The van der Waals surface area contributed by atoms with E-state index in [1.165, 1.54) is 26.4 Å². The smallest absolute Gasteiger partial charge is 0.264 e. The predicted molar refractivity (Wildman–Crippen MR) is 43.3 cm³/mol. The van der Waals surface area contributed by atoms with Crippen molar-refractivity contribution in [2.75, 3.05) is 14.2 Å². The predicted octanol–water partition coefficient (Wildman–Crippen LogP) is 2.44. The van der Waals surface area contributed by atoms with Crippen molar-refractivity contribution in [1.29, 1.82) is 0 Å². The zero-order chi connectivity index (χ0) is 9.84. The highest BCUT2D eigenvalue weighted by atomic mass is 19.3. The van der Waals surface area contributed by atoms with E-state index >= 15 is 0 Å². The molecule has 1 aromatic rings. The average Bonchev–Trinajstić information content (AvgIpc) is 2.16. The third kappa shape index (κ3) is 2.31. The maximum atomic E-state index is 12.3. The number of benzene rings is 1. The van der Waals surface area contributed by atoms with E-state index in [0.29, 0.717) is 0 Å². The van der Waals surface area contributed by atoms with Crippen LogP contribution >= 0.6 is 0 Å². The van der Waals surface area contributed by atoms with Crippen molar-refractivity contribution in [2.24, 2.45) is 0 Å². The summed E-state index contributed by atoms with van der Waals surface area (Å²) in [6.07, 6.45) is -2.53. The first-order valence-corrected chi connectivity index (χ1v) is 3.60. The van der Waals surface area contributed by atoms with Crippen molar-refractivity contribution in [3.8, 4) is 11.5 Å². The van der Waals surface area contributed by atoms with Crippen LogP contribution in [-0.2, 0) is 0 Å². The Hall–Kier alpha value is -1.32. The van der Waals surface area contributed by atoms with Gasteiger partial charge in [-0.05, 0) is 12.1 Å². The van der Waals surface area contributed by atoms with E-state index < -0.39 is 6.43 Å². The second-order valence-electron chi connectivity index (χ2n) is 2.35. The first-order valence-electron chi connectivity index (χ1n) is 3.60. The van der Waals surface area contributed by atoms with Gasteiger partial charge in [-0.2, -0.15) is 0 Å². The topological polar surface area (TPSA) is 18.5 Å². The van der Waals surface area contributed by atoms with Crippen molar-refractivity contribution in [3.63, 3.8) is 0 Å². The summed E-state index contributed by atoms with van der Waals surface area (Å²) in [6.45, 7) is 0. The van der Waals surface area contributed by atoms with Gasteiger partial charge in [0.05, 0.1) is 20.3 Å². The maximum Gasteiger partial charge on any atom is 0.264 e. The van der Waals surface area contributed by atoms with Gasteiger partial charge in [0.15, 0.2) is 0 Å². The number of methoxy groups -OCH3 is 2. The van der Waals surface area contributed by atoms with E-state index in [9.17, 15) is 8.78 Å². The zero-order valence-corrected chi connectivity index (χ0v) is 7.30. The summed E-state index contributed by atoms with van der Waals surface area (Å²) in [6, 6.07) is 5.12. The fourth-order valence-electron chi connectivity index (χ4n) is 0.884. The molecular weight excluding hydrogens is 178 g/mol. The molecule has 1 radical (unpaired) electrons. The Balaban J connectivity index is 3.07. The van der Waals surface area contributed by atoms with E-state index in [1.54, 1.807) is 0 Å². The van der Waals surface area contributed by atoms with Crippen LogP contribution in [0, 0.1) is 6.07 Å². The maximum absolute atomic E-state index is 12.3. The van der Waals surface area contributed by atoms with Gasteiger partial charge in [0.2, 0.25) is 0 Å². The molecular formula is C9H9F2O2. The SMILES string of the molecule is COc1[c]c(OC)cc(C(F)F)c1. The highest BCUT2D eigenvalue weighted by molar-refractivity contribution is 5.37. The Morgan fingerprint density at radius 3 is 1.92 bits per heavy atom. The zero-order valence-electron chi connectivity index (χ0n) is 7.30. The van der Waals surface area contributed by atoms with Gasteiger partial charge in [-0.15, -0.1) is 0 Å². The largest absolute Gasteiger partial charge is 0.496 e. The van der Waals surface area contributed by atoms with Crippen molar-refractivity contribution >= 4 is 0 Å². The third-order valence-corrected chi connectivity index (χ3v) is 1.53. The molecule has 0 aliphatic rings. The van der Waals surface area contributed by atoms with Crippen LogP contribution in [0.2, 0.25) is 0 Å². The summed E-state index contributed by atoms with van der Waals surface area (Å²) in [7, 11) is 2.78. The molecule has 0 fully saturated rings. The third-order valence-electron chi connectivity index (χ3n) is 1.53. The van der Waals surface area contributed by atoms with E-state index in [0.717, 1.165) is 0 Å². The Morgan fingerprint density at radius 1 is 1.15 bits per heavy atom. The van der Waals surface area contributed by atoms with Crippen molar-refractivity contribution < 1.29 is 18.3 Å². The molecule has 0 atom stereocenters. The molecule has 13 heavy (non-hydrogen) atoms. The Kier molecular flexibility index (Phi) is 3.06. The molecule has 1 rings (SSSR count). The number of hydrogen-bond donors (Lipinski definition) is 0. The number of rotatable bonds is 3. The van der Waals surface area contributed by atoms with Gasteiger partial charge in [0.25, 0.3) is 6.43 Å². The minimum absolute atomic E-state index is 0.132. The molecule has 0 aromatic heterocycles. The van der Waals surface area contributed by atoms with Crippen LogP contribution in [0.3, 0.4) is 0 Å². The number of ether oxygens (including phenoxy) is 2. The van der Waals surface area contributed by atoms with Gasteiger partial charge in [0, 0.05) is 5.56 Å². The van der Waals surface area contributed by atoms with Crippen molar-refractivity contribution in [2.45, 2.75) is 6.43 Å². The summed E-state index contributed by atoms with van der Waals surface area (Å²) in [4.78, 5) is 0. The lowest BCUT2D eigenvalue weighted by Crippen LogP contribution is -1.91. The molecule has 0 saturated carbocycles. The molecule has 4 heteroatoms. The molecule has 71 valence electrons. The van der Waals surface area contributed by atoms with Crippen LogP contribution in [0.4, 0.5) is 8.78 Å². The first kappa shape index (κ1) is 9.77. The normalized spacial score (nSPS) is 10.2. The molecule has 0 saturated heterocycles. The minimum Gasteiger partial charge on any atom is -0.496 e. The van der Waals surface area contributed by atoms with E-state index in [-0.39, 0.29) is 17.1 Å². The summed E-state index contributed by atoms with van der Waals surface area (Å²) >= 11 is 0. The van der Waals surface area contributed by atoms with Gasteiger partial charge in [-0.3, -0.25) is 0 Å². The molecule has 0 aliphatic carbocycles. The molecule has 0 aliphatic heterocycles. The van der Waals surface area contributed by atoms with Crippen LogP contribution in [-0.4, -0.2) is 14.2 Å². The Morgan fingerprint density at radius 2 is 1.62 bits per heavy atom. The molecule has 0 bridgehead atoms. The highest BCUT2D eigenvalue weighted by Gasteiger charge is 2.10. The lowest BCUT2D eigenvalue weighted by Gasteiger charge is -2.06. The Bertz CT molecular complexity index is 265. The standard InChI is InChI=1S/C9H9F2O2/c1-12-7-3-6(9(10)11)4-8(5-7)13-2/h3-4,9H,1-2H3. The van der Waals surface area contributed by atoms with Gasteiger partial charge in [-0.1, -0.05) is 0 Å². The van der Waals surface area contributed by atoms with Crippen LogP contribution in [0.5, 0.6) is 11.5 Å². The van der Waals surface area contributed by atoms with Gasteiger partial charge in [-0.25, -0.2) is 8.78 Å². The van der Waals surface area contributed by atoms with Crippen molar-refractivity contribution in [3.05, 3.63) is 23.8 Å². The van der Waals surface area contributed by atoms with E-state index in [4.69, 9.17) is 9.47 Å². The summed E-state index contributed by atoms with van der Waals surface area (Å²) in [5.41, 5.74) is -0.132. The fourth-order valence-corrected chi connectivity index (χ4v) is 0.884. The number of halogens is 2. The second kappa shape index (κ2) is 4.07. The summed E-state index contributed by atoms with van der Waals surface area (Å²) in [5, 5.41) is 0. The number of alkyl halides is 2. The monoisotopic (exact) mass is 187 g/mol. The number of hydrogen-bond acceptors (Lipinski definition) is 2. The van der Waals surface area contributed by atoms with Crippen LogP contribution in [0.1, 0.15) is 12.0 Å². The highest BCUT2D eigenvalue weighted by Crippen LogP contribution is 2.27. The van der Waals surface area contributed by atoms with Crippen molar-refractivity contribution in [1.82, 2.24) is 0 Å². The van der Waals surface area contributed by atoms with Gasteiger partial charge >= 0.3 is 0 Å². The molecule has 0 spiro atoms. The van der Waals surface area contributed by atoms with Gasteiger partial charge < -0.3 is 9.47 Å². The van der Waals surface area contributed by atoms with Crippen LogP contribution in [0.25, 0.3) is 0 Å². The van der Waals surface area contributed by atoms with Crippen LogP contribution < -0.4 is 9.47 Å². The van der Waals surface area contributed by atoms with E-state index in [2.05, 4.69) is 6.07 Å².